The van der Waals surface area contributed by atoms with Crippen LogP contribution < -0.4 is 5.56 Å². The fourth-order valence-corrected chi connectivity index (χ4v) is 0.638. The molecule has 0 amide bonds. The number of aromatic nitrogens is 2. The summed E-state index contributed by atoms with van der Waals surface area (Å²) in [5.41, 5.74) is 1.44. The summed E-state index contributed by atoms with van der Waals surface area (Å²) in [6, 6.07) is 1.75. The fourth-order valence-electron chi connectivity index (χ4n) is 0.638. The van der Waals surface area contributed by atoms with Gasteiger partial charge in [0.2, 0.25) is 0 Å². The van der Waals surface area contributed by atoms with Gasteiger partial charge >= 0.3 is 0 Å². The van der Waals surface area contributed by atoms with Crippen LogP contribution in [-0.4, -0.2) is 10.2 Å². The van der Waals surface area contributed by atoms with Gasteiger partial charge in [0.05, 0.1) is 5.69 Å². The van der Waals surface area contributed by atoms with E-state index in [1.54, 1.807) is 13.0 Å². The number of H-pyrrole nitrogens is 1. The zero-order valence-corrected chi connectivity index (χ0v) is 10.1. The minimum Gasteiger partial charge on any atom is -0.268 e. The van der Waals surface area contributed by atoms with Crippen LogP contribution in [-0.2, 0) is 0 Å². The van der Waals surface area contributed by atoms with Gasteiger partial charge in [-0.2, -0.15) is 5.10 Å². The average molecular weight is 200 g/mol. The summed E-state index contributed by atoms with van der Waals surface area (Å²) in [6.45, 7) is 11.8. The standard InChI is InChI=1S/C6H8N2O.C3H8.C2H6.H2/c1-4-3-5(2)7-8-6(4)9;1-3-2;1-2;/h3H,1-2H3,(H,8,9);3H2,1-2H3;1-2H3;1H. The predicted molar refractivity (Wildman–Crippen MR) is 63.8 cm³/mol. The maximum atomic E-state index is 10.7. The molecule has 1 aromatic rings. The molecular weight excluding hydrogens is 176 g/mol. The Bertz CT molecular complexity index is 284. The molecule has 0 saturated heterocycles. The molecule has 14 heavy (non-hydrogen) atoms. The summed E-state index contributed by atoms with van der Waals surface area (Å²) in [5.74, 6) is 0. The first kappa shape index (κ1) is 15.4. The molecule has 0 saturated carbocycles. The Labute approximate surface area is 88.1 Å². The van der Waals surface area contributed by atoms with Gasteiger partial charge in [-0.15, -0.1) is 0 Å². The second-order valence-electron chi connectivity index (χ2n) is 2.73. The second kappa shape index (κ2) is 9.96. The minimum atomic E-state index is -0.111. The highest BCUT2D eigenvalue weighted by Gasteiger charge is 1.90. The van der Waals surface area contributed by atoms with Crippen molar-refractivity contribution in [1.82, 2.24) is 10.2 Å². The van der Waals surface area contributed by atoms with E-state index in [2.05, 4.69) is 24.0 Å². The molecule has 3 nitrogen and oxygen atoms in total. The van der Waals surface area contributed by atoms with Crippen LogP contribution in [0.15, 0.2) is 10.9 Å². The number of rotatable bonds is 0. The summed E-state index contributed by atoms with van der Waals surface area (Å²) in [4.78, 5) is 10.7. The van der Waals surface area contributed by atoms with E-state index >= 15 is 0 Å². The third-order valence-corrected chi connectivity index (χ3v) is 1.12. The Hall–Kier alpha value is -1.12. The normalized spacial score (nSPS) is 7.86. The van der Waals surface area contributed by atoms with Crippen LogP contribution >= 0.6 is 0 Å². The van der Waals surface area contributed by atoms with Crippen molar-refractivity contribution < 1.29 is 1.43 Å². The number of aryl methyl sites for hydroxylation is 2. The van der Waals surface area contributed by atoms with Gasteiger partial charge in [-0.05, 0) is 19.9 Å². The fraction of sp³-hybridized carbons (Fsp3) is 0.636. The predicted octanol–water partition coefficient (Wildman–Crippen LogP) is 3.08. The molecule has 0 aliphatic carbocycles. The van der Waals surface area contributed by atoms with Crippen molar-refractivity contribution in [2.75, 3.05) is 0 Å². The number of aromatic amines is 1. The van der Waals surface area contributed by atoms with Crippen molar-refractivity contribution in [1.29, 1.82) is 0 Å². The lowest BCUT2D eigenvalue weighted by Gasteiger charge is -1.89. The molecule has 1 rings (SSSR count). The van der Waals surface area contributed by atoms with Crippen molar-refractivity contribution in [2.45, 2.75) is 48.0 Å². The van der Waals surface area contributed by atoms with Crippen LogP contribution in [0.3, 0.4) is 0 Å². The highest BCUT2D eigenvalue weighted by atomic mass is 16.1. The Balaban J connectivity index is -0.000000209. The first-order valence-electron chi connectivity index (χ1n) is 5.14. The molecule has 84 valence electrons. The van der Waals surface area contributed by atoms with E-state index in [0.29, 0.717) is 5.56 Å². The van der Waals surface area contributed by atoms with Crippen LogP contribution in [0.2, 0.25) is 0 Å². The summed E-state index contributed by atoms with van der Waals surface area (Å²) >= 11 is 0. The lowest BCUT2D eigenvalue weighted by Crippen LogP contribution is -2.11. The largest absolute Gasteiger partial charge is 0.268 e. The molecular formula is C11H24N2O. The quantitative estimate of drug-likeness (QED) is 0.699. The minimum absolute atomic E-state index is 0. The Morgan fingerprint density at radius 2 is 1.79 bits per heavy atom. The smallest absolute Gasteiger partial charge is 0.267 e. The van der Waals surface area contributed by atoms with Crippen LogP contribution in [0.1, 0.15) is 46.8 Å². The zero-order chi connectivity index (χ0) is 11.6. The topological polar surface area (TPSA) is 45.8 Å². The van der Waals surface area contributed by atoms with E-state index in [1.165, 1.54) is 6.42 Å². The number of nitrogens with zero attached hydrogens (tertiary/aromatic N) is 1. The molecule has 0 unspecified atom stereocenters. The maximum absolute atomic E-state index is 10.7. The molecule has 1 N–H and O–H groups in total. The van der Waals surface area contributed by atoms with E-state index in [9.17, 15) is 4.79 Å². The lowest BCUT2D eigenvalue weighted by molar-refractivity contribution is 0.929. The first-order chi connectivity index (χ1) is 6.61. The first-order valence-corrected chi connectivity index (χ1v) is 5.14. The molecule has 1 aromatic heterocycles. The Morgan fingerprint density at radius 1 is 1.36 bits per heavy atom. The molecule has 3 heteroatoms. The second-order valence-corrected chi connectivity index (χ2v) is 2.73. The van der Waals surface area contributed by atoms with Gasteiger partial charge in [0.25, 0.3) is 5.56 Å². The van der Waals surface area contributed by atoms with E-state index in [1.807, 2.05) is 20.8 Å². The molecule has 0 aliphatic heterocycles. The third kappa shape index (κ3) is 7.53. The average Bonchev–Trinajstić information content (AvgIpc) is 2.17. The van der Waals surface area contributed by atoms with Gasteiger partial charge < -0.3 is 0 Å². The van der Waals surface area contributed by atoms with Gasteiger partial charge in [0, 0.05) is 6.99 Å². The molecule has 0 aliphatic rings. The van der Waals surface area contributed by atoms with Crippen LogP contribution in [0.25, 0.3) is 0 Å². The third-order valence-electron chi connectivity index (χ3n) is 1.12. The zero-order valence-electron chi connectivity index (χ0n) is 10.1. The van der Waals surface area contributed by atoms with Crippen LogP contribution in [0, 0.1) is 13.8 Å². The molecule has 0 radical (unpaired) electrons. The van der Waals surface area contributed by atoms with Crippen molar-refractivity contribution in [3.8, 4) is 0 Å². The van der Waals surface area contributed by atoms with Crippen LogP contribution in [0.4, 0.5) is 0 Å². The Morgan fingerprint density at radius 3 is 2.07 bits per heavy atom. The lowest BCUT2D eigenvalue weighted by atomic mass is 10.3. The molecule has 1 heterocycles. The molecule has 0 bridgehead atoms. The number of nitrogens with one attached hydrogen (secondary N) is 1. The van der Waals surface area contributed by atoms with Gasteiger partial charge in [0.15, 0.2) is 0 Å². The highest BCUT2D eigenvalue weighted by Crippen LogP contribution is 1.88. The van der Waals surface area contributed by atoms with Crippen molar-refractivity contribution >= 4 is 0 Å². The SMILES string of the molecule is CC.CCC.Cc1cc(C)c(=O)[nH]n1.[HH]. The summed E-state index contributed by atoms with van der Waals surface area (Å²) in [6.07, 6.45) is 1.25. The monoisotopic (exact) mass is 200 g/mol. The summed E-state index contributed by atoms with van der Waals surface area (Å²) in [7, 11) is 0. The number of hydrogen-bond donors (Lipinski definition) is 1. The maximum Gasteiger partial charge on any atom is 0.267 e. The molecule has 0 atom stereocenters. The molecule has 0 fully saturated rings. The van der Waals surface area contributed by atoms with E-state index in [-0.39, 0.29) is 6.99 Å². The van der Waals surface area contributed by atoms with Crippen LogP contribution in [0.5, 0.6) is 0 Å². The van der Waals surface area contributed by atoms with Gasteiger partial charge in [-0.25, -0.2) is 5.10 Å². The summed E-state index contributed by atoms with van der Waals surface area (Å²) in [5, 5.41) is 6.06. The highest BCUT2D eigenvalue weighted by molar-refractivity contribution is 5.08. The van der Waals surface area contributed by atoms with Gasteiger partial charge in [-0.3, -0.25) is 4.79 Å². The van der Waals surface area contributed by atoms with Crippen molar-refractivity contribution in [2.24, 2.45) is 0 Å². The van der Waals surface area contributed by atoms with E-state index in [4.69, 9.17) is 0 Å². The van der Waals surface area contributed by atoms with Crippen molar-refractivity contribution in [3.05, 3.63) is 27.7 Å². The van der Waals surface area contributed by atoms with Gasteiger partial charge in [0.1, 0.15) is 0 Å². The summed E-state index contributed by atoms with van der Waals surface area (Å²) < 4.78 is 0. The van der Waals surface area contributed by atoms with E-state index < -0.39 is 0 Å². The van der Waals surface area contributed by atoms with Crippen molar-refractivity contribution in [3.63, 3.8) is 0 Å². The van der Waals surface area contributed by atoms with E-state index in [0.717, 1.165) is 5.69 Å². The van der Waals surface area contributed by atoms with Gasteiger partial charge in [-0.1, -0.05) is 34.1 Å². The Kier molecular flexibility index (Phi) is 10.9. The number of hydrogen-bond acceptors (Lipinski definition) is 2. The molecule has 0 spiro atoms. The molecule has 0 aromatic carbocycles.